The third kappa shape index (κ3) is 2.89. The molecule has 1 fully saturated rings. The first-order valence-corrected chi connectivity index (χ1v) is 4.30. The molecular formula is C10H17N. The van der Waals surface area contributed by atoms with E-state index < -0.39 is 0 Å². The van der Waals surface area contributed by atoms with E-state index in [1.807, 2.05) is 6.08 Å². The molecule has 0 aromatic carbocycles. The Balaban J connectivity index is 2.14. The Morgan fingerprint density at radius 2 is 2.18 bits per heavy atom. The quantitative estimate of drug-likeness (QED) is 0.557. The van der Waals surface area contributed by atoms with Crippen LogP contribution in [0.4, 0.5) is 0 Å². The van der Waals surface area contributed by atoms with Gasteiger partial charge in [0, 0.05) is 13.1 Å². The summed E-state index contributed by atoms with van der Waals surface area (Å²) in [6.45, 7) is 5.77. The van der Waals surface area contributed by atoms with Crippen LogP contribution in [0, 0.1) is 0 Å². The van der Waals surface area contributed by atoms with Crippen LogP contribution in [0.15, 0.2) is 24.3 Å². The number of allylic oxidation sites excluding steroid dienone is 1. The van der Waals surface area contributed by atoms with Crippen LogP contribution in [-0.2, 0) is 0 Å². The van der Waals surface area contributed by atoms with E-state index in [4.69, 9.17) is 0 Å². The van der Waals surface area contributed by atoms with Crippen molar-refractivity contribution in [3.63, 3.8) is 0 Å². The summed E-state index contributed by atoms with van der Waals surface area (Å²) in [6, 6.07) is 0. The molecule has 1 aliphatic rings. The molecule has 0 aliphatic heterocycles. The highest BCUT2D eigenvalue weighted by Crippen LogP contribution is 2.24. The molecule has 0 radical (unpaired) electrons. The lowest BCUT2D eigenvalue weighted by molar-refractivity contribution is 0.409. The minimum absolute atomic E-state index is 0.990. The second-order valence-corrected chi connectivity index (χ2v) is 3.23. The van der Waals surface area contributed by atoms with Crippen molar-refractivity contribution in [3.8, 4) is 0 Å². The van der Waals surface area contributed by atoms with Gasteiger partial charge in [0.25, 0.3) is 0 Å². The van der Waals surface area contributed by atoms with E-state index in [2.05, 4.69) is 24.6 Å². The zero-order chi connectivity index (χ0) is 8.10. The molecule has 0 heterocycles. The largest absolute Gasteiger partial charge is 0.299 e. The fraction of sp³-hybridized carbons (Fsp3) is 0.600. The van der Waals surface area contributed by atoms with E-state index in [-0.39, 0.29) is 0 Å². The summed E-state index contributed by atoms with van der Waals surface area (Å²) in [6.07, 6.45) is 8.37. The van der Waals surface area contributed by atoms with Crippen molar-refractivity contribution in [2.24, 2.45) is 0 Å². The summed E-state index contributed by atoms with van der Waals surface area (Å²) in [5.41, 5.74) is 1.64. The summed E-state index contributed by atoms with van der Waals surface area (Å²) >= 11 is 0. The molecule has 0 atom stereocenters. The Bertz CT molecular complexity index is 152. The van der Waals surface area contributed by atoms with Crippen molar-refractivity contribution in [2.75, 3.05) is 20.1 Å². The van der Waals surface area contributed by atoms with E-state index in [1.54, 1.807) is 5.57 Å². The van der Waals surface area contributed by atoms with Gasteiger partial charge < -0.3 is 0 Å². The highest BCUT2D eigenvalue weighted by molar-refractivity contribution is 5.10. The predicted molar refractivity (Wildman–Crippen MR) is 49.6 cm³/mol. The molecule has 0 N–H and O–H groups in total. The van der Waals surface area contributed by atoms with Crippen molar-refractivity contribution in [3.05, 3.63) is 24.3 Å². The minimum atomic E-state index is 0.990. The van der Waals surface area contributed by atoms with E-state index in [9.17, 15) is 0 Å². The van der Waals surface area contributed by atoms with Gasteiger partial charge in [0.1, 0.15) is 0 Å². The second kappa shape index (κ2) is 4.35. The third-order valence-electron chi connectivity index (χ3n) is 2.13. The average Bonchev–Trinajstić information content (AvgIpc) is 1.85. The summed E-state index contributed by atoms with van der Waals surface area (Å²) in [4.78, 5) is 2.26. The SMILES string of the molecule is C=CCN(C)CC=C1CCC1. The van der Waals surface area contributed by atoms with Crippen LogP contribution >= 0.6 is 0 Å². The molecule has 0 aromatic rings. The Labute approximate surface area is 69.4 Å². The van der Waals surface area contributed by atoms with Crippen molar-refractivity contribution in [2.45, 2.75) is 19.3 Å². The number of nitrogens with zero attached hydrogens (tertiary/aromatic N) is 1. The van der Waals surface area contributed by atoms with Gasteiger partial charge in [-0.15, -0.1) is 6.58 Å². The van der Waals surface area contributed by atoms with E-state index in [1.165, 1.54) is 19.3 Å². The van der Waals surface area contributed by atoms with Gasteiger partial charge in [-0.3, -0.25) is 4.90 Å². The normalized spacial score (nSPS) is 16.4. The smallest absolute Gasteiger partial charge is 0.0166 e. The summed E-state index contributed by atoms with van der Waals surface area (Å²) < 4.78 is 0. The van der Waals surface area contributed by atoms with E-state index in [0.717, 1.165) is 13.1 Å². The molecule has 1 nitrogen and oxygen atoms in total. The van der Waals surface area contributed by atoms with Gasteiger partial charge in [-0.05, 0) is 26.3 Å². The molecular weight excluding hydrogens is 134 g/mol. The van der Waals surface area contributed by atoms with Crippen molar-refractivity contribution >= 4 is 0 Å². The molecule has 1 saturated carbocycles. The molecule has 1 heteroatoms. The van der Waals surface area contributed by atoms with E-state index >= 15 is 0 Å². The molecule has 11 heavy (non-hydrogen) atoms. The number of rotatable bonds is 4. The molecule has 1 rings (SSSR count). The van der Waals surface area contributed by atoms with Crippen LogP contribution in [0.1, 0.15) is 19.3 Å². The van der Waals surface area contributed by atoms with Gasteiger partial charge in [0.2, 0.25) is 0 Å². The highest BCUT2D eigenvalue weighted by atomic mass is 15.1. The lowest BCUT2D eigenvalue weighted by Crippen LogP contribution is -2.18. The first-order valence-electron chi connectivity index (χ1n) is 4.30. The summed E-state index contributed by atoms with van der Waals surface area (Å²) in [5, 5.41) is 0. The van der Waals surface area contributed by atoms with Crippen LogP contribution in [-0.4, -0.2) is 25.0 Å². The van der Waals surface area contributed by atoms with Gasteiger partial charge in [0.15, 0.2) is 0 Å². The van der Waals surface area contributed by atoms with Crippen LogP contribution in [0.3, 0.4) is 0 Å². The standard InChI is InChI=1S/C10H17N/c1-3-8-11(2)9-7-10-5-4-6-10/h3,7H,1,4-6,8-9H2,2H3. The van der Waals surface area contributed by atoms with Gasteiger partial charge in [-0.1, -0.05) is 17.7 Å². The van der Waals surface area contributed by atoms with Gasteiger partial charge in [-0.25, -0.2) is 0 Å². The zero-order valence-electron chi connectivity index (χ0n) is 7.34. The highest BCUT2D eigenvalue weighted by Gasteiger charge is 2.06. The molecule has 1 aliphatic carbocycles. The average molecular weight is 151 g/mol. The Morgan fingerprint density at radius 1 is 1.45 bits per heavy atom. The minimum Gasteiger partial charge on any atom is -0.299 e. The van der Waals surface area contributed by atoms with Crippen LogP contribution in [0.5, 0.6) is 0 Å². The first-order chi connectivity index (χ1) is 5.33. The van der Waals surface area contributed by atoms with Crippen molar-refractivity contribution in [1.82, 2.24) is 4.90 Å². The Morgan fingerprint density at radius 3 is 2.64 bits per heavy atom. The third-order valence-corrected chi connectivity index (χ3v) is 2.13. The van der Waals surface area contributed by atoms with Gasteiger partial charge in [-0.2, -0.15) is 0 Å². The number of hydrogen-bond donors (Lipinski definition) is 0. The van der Waals surface area contributed by atoms with Crippen molar-refractivity contribution in [1.29, 1.82) is 0 Å². The number of hydrogen-bond acceptors (Lipinski definition) is 1. The summed E-state index contributed by atoms with van der Waals surface area (Å²) in [5.74, 6) is 0. The maximum absolute atomic E-state index is 3.70. The maximum atomic E-state index is 3.70. The molecule has 0 saturated heterocycles. The molecule has 0 bridgehead atoms. The lowest BCUT2D eigenvalue weighted by Gasteiger charge is -2.18. The molecule has 62 valence electrons. The predicted octanol–water partition coefficient (Wildman–Crippen LogP) is 2.21. The first kappa shape index (κ1) is 8.54. The zero-order valence-corrected chi connectivity index (χ0v) is 7.34. The molecule has 0 aromatic heterocycles. The molecule has 0 unspecified atom stereocenters. The van der Waals surface area contributed by atoms with Crippen molar-refractivity contribution < 1.29 is 0 Å². The van der Waals surface area contributed by atoms with Crippen LogP contribution in [0.2, 0.25) is 0 Å². The summed E-state index contributed by atoms with van der Waals surface area (Å²) in [7, 11) is 2.12. The topological polar surface area (TPSA) is 3.24 Å². The van der Waals surface area contributed by atoms with Crippen LogP contribution < -0.4 is 0 Å². The Kier molecular flexibility index (Phi) is 3.37. The van der Waals surface area contributed by atoms with Gasteiger partial charge in [0.05, 0.1) is 0 Å². The maximum Gasteiger partial charge on any atom is 0.0166 e. The monoisotopic (exact) mass is 151 g/mol. The second-order valence-electron chi connectivity index (χ2n) is 3.23. The van der Waals surface area contributed by atoms with E-state index in [0.29, 0.717) is 0 Å². The fourth-order valence-electron chi connectivity index (χ4n) is 1.16. The molecule has 0 amide bonds. The van der Waals surface area contributed by atoms with Gasteiger partial charge >= 0.3 is 0 Å². The molecule has 0 spiro atoms. The fourth-order valence-corrected chi connectivity index (χ4v) is 1.16. The van der Waals surface area contributed by atoms with Crippen LogP contribution in [0.25, 0.3) is 0 Å². The lowest BCUT2D eigenvalue weighted by atomic mass is 9.92. The Hall–Kier alpha value is -0.560. The number of likely N-dealkylation sites (N-methyl/N-ethyl adjacent to an activating group) is 1.